The van der Waals surface area contributed by atoms with Gasteiger partial charge < -0.3 is 15.4 Å². The van der Waals surface area contributed by atoms with Crippen LogP contribution in [0.1, 0.15) is 32.8 Å². The van der Waals surface area contributed by atoms with E-state index in [1.54, 1.807) is 6.92 Å². The van der Waals surface area contributed by atoms with Crippen LogP contribution < -0.4 is 15.4 Å². The largest absolute Gasteiger partial charge is 0.481 e. The molecule has 1 aromatic rings. The number of likely N-dealkylation sites (N-methyl/N-ethyl adjacent to an activating group) is 1. The fourth-order valence-corrected chi connectivity index (χ4v) is 1.67. The Morgan fingerprint density at radius 2 is 1.95 bits per heavy atom. The second kappa shape index (κ2) is 8.53. The highest BCUT2D eigenvalue weighted by Gasteiger charge is 2.12. The van der Waals surface area contributed by atoms with Crippen LogP contribution in [0.4, 0.5) is 0 Å². The monoisotopic (exact) mass is 264 g/mol. The van der Waals surface area contributed by atoms with Gasteiger partial charge in [-0.1, -0.05) is 19.1 Å². The summed E-state index contributed by atoms with van der Waals surface area (Å²) >= 11 is 0. The van der Waals surface area contributed by atoms with E-state index in [1.807, 2.05) is 31.2 Å². The molecule has 1 aromatic carbocycles. The lowest BCUT2D eigenvalue weighted by atomic mass is 10.2. The van der Waals surface area contributed by atoms with E-state index in [0.29, 0.717) is 6.54 Å². The Morgan fingerprint density at radius 3 is 2.53 bits per heavy atom. The van der Waals surface area contributed by atoms with E-state index in [-0.39, 0.29) is 5.91 Å². The molecule has 4 nitrogen and oxygen atoms in total. The average molecular weight is 264 g/mol. The van der Waals surface area contributed by atoms with Gasteiger partial charge in [0.25, 0.3) is 5.91 Å². The maximum Gasteiger partial charge on any atom is 0.260 e. The Labute approximate surface area is 115 Å². The maximum absolute atomic E-state index is 11.5. The van der Waals surface area contributed by atoms with E-state index in [4.69, 9.17) is 4.74 Å². The van der Waals surface area contributed by atoms with Gasteiger partial charge in [-0.15, -0.1) is 0 Å². The molecule has 1 amide bonds. The minimum Gasteiger partial charge on any atom is -0.481 e. The average Bonchev–Trinajstić information content (AvgIpc) is 2.41. The molecular weight excluding hydrogens is 240 g/mol. The molecule has 19 heavy (non-hydrogen) atoms. The number of nitrogens with one attached hydrogen (secondary N) is 2. The van der Waals surface area contributed by atoms with Crippen molar-refractivity contribution in [2.24, 2.45) is 0 Å². The molecule has 0 aliphatic carbocycles. The number of carbonyl (C=O) groups is 1. The molecule has 0 aromatic heterocycles. The van der Waals surface area contributed by atoms with Crippen molar-refractivity contribution in [3.63, 3.8) is 0 Å². The van der Waals surface area contributed by atoms with E-state index < -0.39 is 6.10 Å². The zero-order valence-corrected chi connectivity index (χ0v) is 12.0. The first-order valence-electron chi connectivity index (χ1n) is 6.91. The second-order valence-electron chi connectivity index (χ2n) is 4.48. The first-order valence-corrected chi connectivity index (χ1v) is 6.91. The molecular formula is C15H24N2O2. The van der Waals surface area contributed by atoms with Crippen molar-refractivity contribution in [2.75, 3.05) is 13.1 Å². The van der Waals surface area contributed by atoms with E-state index in [0.717, 1.165) is 25.3 Å². The molecule has 1 atom stereocenters. The summed E-state index contributed by atoms with van der Waals surface area (Å²) in [6.07, 6.45) is 0.662. The third-order valence-corrected chi connectivity index (χ3v) is 2.71. The van der Waals surface area contributed by atoms with Crippen molar-refractivity contribution in [3.05, 3.63) is 29.8 Å². The Morgan fingerprint density at radius 1 is 1.26 bits per heavy atom. The van der Waals surface area contributed by atoms with Gasteiger partial charge in [-0.05, 0) is 44.5 Å². The van der Waals surface area contributed by atoms with E-state index >= 15 is 0 Å². The summed E-state index contributed by atoms with van der Waals surface area (Å²) in [6.45, 7) is 8.29. The lowest BCUT2D eigenvalue weighted by molar-refractivity contribution is -0.127. The molecule has 0 bridgehead atoms. The lowest BCUT2D eigenvalue weighted by Crippen LogP contribution is -2.36. The summed E-state index contributed by atoms with van der Waals surface area (Å²) in [6, 6.07) is 7.84. The standard InChI is InChI=1S/C15H24N2O2/c1-4-10-16-11-13-6-8-14(9-7-13)19-12(3)15(18)17-5-2/h6-9,12,16H,4-5,10-11H2,1-3H3,(H,17,18). The zero-order valence-electron chi connectivity index (χ0n) is 12.0. The molecule has 0 fully saturated rings. The fourth-order valence-electron chi connectivity index (χ4n) is 1.67. The van der Waals surface area contributed by atoms with Crippen molar-refractivity contribution < 1.29 is 9.53 Å². The Hall–Kier alpha value is -1.55. The van der Waals surface area contributed by atoms with E-state index in [1.165, 1.54) is 5.56 Å². The lowest BCUT2D eigenvalue weighted by Gasteiger charge is -2.14. The second-order valence-corrected chi connectivity index (χ2v) is 4.48. The molecule has 106 valence electrons. The summed E-state index contributed by atoms with van der Waals surface area (Å²) in [7, 11) is 0. The topological polar surface area (TPSA) is 50.4 Å². The number of hydrogen-bond donors (Lipinski definition) is 2. The first-order chi connectivity index (χ1) is 9.17. The number of amides is 1. The third-order valence-electron chi connectivity index (χ3n) is 2.71. The Bertz CT molecular complexity index is 376. The Balaban J connectivity index is 2.45. The third kappa shape index (κ3) is 5.75. The highest BCUT2D eigenvalue weighted by atomic mass is 16.5. The van der Waals surface area contributed by atoms with E-state index in [2.05, 4.69) is 17.6 Å². The van der Waals surface area contributed by atoms with Crippen LogP contribution in [0.15, 0.2) is 24.3 Å². The normalized spacial score (nSPS) is 11.9. The predicted octanol–water partition coefficient (Wildman–Crippen LogP) is 2.09. The molecule has 0 saturated heterocycles. The number of hydrogen-bond acceptors (Lipinski definition) is 3. The van der Waals surface area contributed by atoms with Crippen LogP contribution >= 0.6 is 0 Å². The molecule has 0 radical (unpaired) electrons. The minimum atomic E-state index is -0.469. The summed E-state index contributed by atoms with van der Waals surface area (Å²) in [5, 5.41) is 6.08. The van der Waals surface area contributed by atoms with Crippen LogP contribution in [0.5, 0.6) is 5.75 Å². The van der Waals surface area contributed by atoms with Crippen molar-refractivity contribution in [2.45, 2.75) is 39.8 Å². The van der Waals surface area contributed by atoms with Gasteiger partial charge >= 0.3 is 0 Å². The molecule has 0 saturated carbocycles. The van der Waals surface area contributed by atoms with Gasteiger partial charge in [0.05, 0.1) is 0 Å². The van der Waals surface area contributed by atoms with Gasteiger partial charge in [0.2, 0.25) is 0 Å². The van der Waals surface area contributed by atoms with Gasteiger partial charge in [0.15, 0.2) is 6.10 Å². The smallest absolute Gasteiger partial charge is 0.260 e. The summed E-state index contributed by atoms with van der Waals surface area (Å²) in [5.74, 6) is 0.634. The zero-order chi connectivity index (χ0) is 14.1. The molecule has 2 N–H and O–H groups in total. The molecule has 0 aliphatic rings. The number of carbonyl (C=O) groups excluding carboxylic acids is 1. The van der Waals surface area contributed by atoms with Gasteiger partial charge in [0, 0.05) is 13.1 Å². The van der Waals surface area contributed by atoms with Crippen LogP contribution in [0.3, 0.4) is 0 Å². The quantitative estimate of drug-likeness (QED) is 0.707. The Kier molecular flexibility index (Phi) is 6.97. The van der Waals surface area contributed by atoms with Crippen molar-refractivity contribution in [3.8, 4) is 5.75 Å². The maximum atomic E-state index is 11.5. The van der Waals surface area contributed by atoms with Crippen LogP contribution in [-0.4, -0.2) is 25.1 Å². The molecule has 0 heterocycles. The molecule has 0 aliphatic heterocycles. The van der Waals surface area contributed by atoms with Crippen molar-refractivity contribution in [1.82, 2.24) is 10.6 Å². The van der Waals surface area contributed by atoms with Crippen LogP contribution in [0, 0.1) is 0 Å². The predicted molar refractivity (Wildman–Crippen MR) is 77.2 cm³/mol. The molecule has 1 unspecified atom stereocenters. The number of benzene rings is 1. The highest BCUT2D eigenvalue weighted by molar-refractivity contribution is 5.80. The minimum absolute atomic E-state index is 0.0869. The molecule has 0 spiro atoms. The SMILES string of the molecule is CCCNCc1ccc(OC(C)C(=O)NCC)cc1. The van der Waals surface area contributed by atoms with Crippen LogP contribution in [-0.2, 0) is 11.3 Å². The van der Waals surface area contributed by atoms with Crippen LogP contribution in [0.2, 0.25) is 0 Å². The van der Waals surface area contributed by atoms with Gasteiger partial charge in [-0.25, -0.2) is 0 Å². The number of ether oxygens (including phenoxy) is 1. The summed E-state index contributed by atoms with van der Waals surface area (Å²) < 4.78 is 5.58. The van der Waals surface area contributed by atoms with Gasteiger partial charge in [-0.3, -0.25) is 4.79 Å². The van der Waals surface area contributed by atoms with Crippen molar-refractivity contribution in [1.29, 1.82) is 0 Å². The highest BCUT2D eigenvalue weighted by Crippen LogP contribution is 2.14. The number of rotatable bonds is 8. The first kappa shape index (κ1) is 15.5. The van der Waals surface area contributed by atoms with Crippen LogP contribution in [0.25, 0.3) is 0 Å². The van der Waals surface area contributed by atoms with E-state index in [9.17, 15) is 4.79 Å². The van der Waals surface area contributed by atoms with Gasteiger partial charge in [-0.2, -0.15) is 0 Å². The van der Waals surface area contributed by atoms with Crippen molar-refractivity contribution >= 4 is 5.91 Å². The molecule has 4 heteroatoms. The van der Waals surface area contributed by atoms with Gasteiger partial charge in [0.1, 0.15) is 5.75 Å². The fraction of sp³-hybridized carbons (Fsp3) is 0.533. The summed E-state index contributed by atoms with van der Waals surface area (Å²) in [4.78, 5) is 11.5. The summed E-state index contributed by atoms with van der Waals surface area (Å²) in [5.41, 5.74) is 1.21. The molecule has 1 rings (SSSR count).